The van der Waals surface area contributed by atoms with Crippen molar-refractivity contribution in [3.05, 3.63) is 12.7 Å². The van der Waals surface area contributed by atoms with Gasteiger partial charge >= 0.3 is 0 Å². The number of aromatic nitrogens is 3. The molecular weight excluding hydrogens is 150 g/mol. The molecule has 3 nitrogen and oxygen atoms in total. The monoisotopic (exact) mass is 157 g/mol. The summed E-state index contributed by atoms with van der Waals surface area (Å²) in [6.45, 7) is 0.760. The van der Waals surface area contributed by atoms with Crippen molar-refractivity contribution >= 4 is 12.4 Å². The van der Waals surface area contributed by atoms with Crippen molar-refractivity contribution in [3.63, 3.8) is 0 Å². The standard InChI is InChI=1S/C6H7N3.ClH/c1-2-3-4-9-6-7-5-8-9;/h1,5-6H,3-4H2;1H. The van der Waals surface area contributed by atoms with E-state index in [9.17, 15) is 0 Å². The van der Waals surface area contributed by atoms with Crippen LogP contribution < -0.4 is 0 Å². The maximum atomic E-state index is 5.03. The van der Waals surface area contributed by atoms with Gasteiger partial charge in [-0.2, -0.15) is 5.10 Å². The van der Waals surface area contributed by atoms with Gasteiger partial charge in [-0.1, -0.05) is 0 Å². The van der Waals surface area contributed by atoms with E-state index >= 15 is 0 Å². The van der Waals surface area contributed by atoms with E-state index in [0.717, 1.165) is 6.54 Å². The Bertz CT molecular complexity index is 199. The van der Waals surface area contributed by atoms with Gasteiger partial charge < -0.3 is 0 Å². The summed E-state index contributed by atoms with van der Waals surface area (Å²) in [5.41, 5.74) is 0. The number of nitrogens with zero attached hydrogens (tertiary/aromatic N) is 3. The third-order valence-corrected chi connectivity index (χ3v) is 0.952. The summed E-state index contributed by atoms with van der Waals surface area (Å²) < 4.78 is 1.71. The van der Waals surface area contributed by atoms with Gasteiger partial charge in [0.15, 0.2) is 0 Å². The summed E-state index contributed by atoms with van der Waals surface area (Å²) >= 11 is 0. The Labute approximate surface area is 65.9 Å². The molecule has 0 N–H and O–H groups in total. The Balaban J connectivity index is 0.000000810. The van der Waals surface area contributed by atoms with Crippen LogP contribution in [-0.2, 0) is 6.54 Å². The van der Waals surface area contributed by atoms with Crippen molar-refractivity contribution in [1.29, 1.82) is 0 Å². The molecule has 0 radical (unpaired) electrons. The molecule has 0 aliphatic carbocycles. The molecule has 10 heavy (non-hydrogen) atoms. The van der Waals surface area contributed by atoms with Crippen LogP contribution in [0, 0.1) is 12.3 Å². The highest BCUT2D eigenvalue weighted by atomic mass is 35.5. The smallest absolute Gasteiger partial charge is 0.137 e. The predicted octanol–water partition coefficient (Wildman–Crippen LogP) is 0.723. The molecule has 0 atom stereocenters. The molecular formula is C6H8ClN3. The zero-order valence-corrected chi connectivity index (χ0v) is 6.21. The largest absolute Gasteiger partial charge is 0.252 e. The molecule has 4 heteroatoms. The Hall–Kier alpha value is -1.01. The van der Waals surface area contributed by atoms with Gasteiger partial charge in [0.25, 0.3) is 0 Å². The van der Waals surface area contributed by atoms with E-state index in [-0.39, 0.29) is 12.4 Å². The van der Waals surface area contributed by atoms with Crippen LogP contribution in [-0.4, -0.2) is 14.8 Å². The van der Waals surface area contributed by atoms with Crippen molar-refractivity contribution in [3.8, 4) is 12.3 Å². The highest BCUT2D eigenvalue weighted by Gasteiger charge is 1.85. The van der Waals surface area contributed by atoms with E-state index in [1.54, 1.807) is 11.0 Å². The van der Waals surface area contributed by atoms with Crippen LogP contribution >= 0.6 is 12.4 Å². The van der Waals surface area contributed by atoms with E-state index in [0.29, 0.717) is 6.42 Å². The van der Waals surface area contributed by atoms with Crippen LogP contribution in [0.3, 0.4) is 0 Å². The molecule has 0 fully saturated rings. The highest BCUT2D eigenvalue weighted by molar-refractivity contribution is 5.85. The normalized spacial score (nSPS) is 7.90. The lowest BCUT2D eigenvalue weighted by molar-refractivity contribution is 0.628. The lowest BCUT2D eigenvalue weighted by Crippen LogP contribution is -1.96. The zero-order valence-electron chi connectivity index (χ0n) is 5.40. The summed E-state index contributed by atoms with van der Waals surface area (Å²) in [4.78, 5) is 3.76. The van der Waals surface area contributed by atoms with Crippen molar-refractivity contribution in [2.45, 2.75) is 13.0 Å². The molecule has 0 saturated carbocycles. The third kappa shape index (κ3) is 2.51. The Morgan fingerprint density at radius 2 is 2.40 bits per heavy atom. The number of hydrogen-bond donors (Lipinski definition) is 0. The van der Waals surface area contributed by atoms with Crippen LogP contribution in [0.2, 0.25) is 0 Å². The first-order valence-electron chi connectivity index (χ1n) is 2.69. The summed E-state index contributed by atoms with van der Waals surface area (Å²) in [7, 11) is 0. The van der Waals surface area contributed by atoms with E-state index in [4.69, 9.17) is 6.42 Å². The molecule has 0 amide bonds. The topological polar surface area (TPSA) is 30.7 Å². The number of rotatable bonds is 2. The molecule has 1 aromatic heterocycles. The van der Waals surface area contributed by atoms with Gasteiger partial charge in [-0.3, -0.25) is 4.68 Å². The van der Waals surface area contributed by atoms with E-state index in [1.165, 1.54) is 6.33 Å². The Morgan fingerprint density at radius 1 is 1.60 bits per heavy atom. The quantitative estimate of drug-likeness (QED) is 0.593. The minimum atomic E-state index is 0. The first-order chi connectivity index (χ1) is 4.43. The second kappa shape index (κ2) is 4.83. The first kappa shape index (κ1) is 8.99. The van der Waals surface area contributed by atoms with Gasteiger partial charge in [0.05, 0.1) is 6.54 Å². The van der Waals surface area contributed by atoms with Crippen molar-refractivity contribution in [1.82, 2.24) is 14.8 Å². The molecule has 0 bridgehead atoms. The van der Waals surface area contributed by atoms with Crippen molar-refractivity contribution in [2.75, 3.05) is 0 Å². The number of halogens is 1. The molecule has 1 heterocycles. The van der Waals surface area contributed by atoms with Gasteiger partial charge in [-0.05, 0) is 0 Å². The van der Waals surface area contributed by atoms with Gasteiger partial charge in [-0.15, -0.1) is 24.8 Å². The fourth-order valence-electron chi connectivity index (χ4n) is 0.527. The second-order valence-electron chi connectivity index (χ2n) is 1.61. The molecule has 0 aliphatic rings. The summed E-state index contributed by atoms with van der Waals surface area (Å²) in [5, 5.41) is 3.86. The SMILES string of the molecule is C#CCCn1cncn1.Cl. The zero-order chi connectivity index (χ0) is 6.53. The van der Waals surface area contributed by atoms with Gasteiger partial charge in [0.2, 0.25) is 0 Å². The van der Waals surface area contributed by atoms with Gasteiger partial charge in [0, 0.05) is 6.42 Å². The molecule has 0 aromatic carbocycles. The number of hydrogen-bond acceptors (Lipinski definition) is 2. The maximum Gasteiger partial charge on any atom is 0.137 e. The van der Waals surface area contributed by atoms with Crippen LogP contribution in [0.25, 0.3) is 0 Å². The molecule has 0 aliphatic heterocycles. The Morgan fingerprint density at radius 3 is 2.90 bits per heavy atom. The van der Waals surface area contributed by atoms with Crippen molar-refractivity contribution < 1.29 is 0 Å². The number of aryl methyl sites for hydroxylation is 1. The lowest BCUT2D eigenvalue weighted by atomic mass is 10.4. The third-order valence-electron chi connectivity index (χ3n) is 0.952. The second-order valence-corrected chi connectivity index (χ2v) is 1.61. The first-order valence-corrected chi connectivity index (χ1v) is 2.69. The summed E-state index contributed by atoms with van der Waals surface area (Å²) in [6, 6.07) is 0. The molecule has 1 rings (SSSR count). The minimum absolute atomic E-state index is 0. The van der Waals surface area contributed by atoms with E-state index in [1.807, 2.05) is 0 Å². The van der Waals surface area contributed by atoms with Gasteiger partial charge in [0.1, 0.15) is 12.7 Å². The maximum absolute atomic E-state index is 5.03. The minimum Gasteiger partial charge on any atom is -0.252 e. The van der Waals surface area contributed by atoms with E-state index in [2.05, 4.69) is 16.0 Å². The molecule has 1 aromatic rings. The van der Waals surface area contributed by atoms with Crippen LogP contribution in [0.1, 0.15) is 6.42 Å². The Kier molecular flexibility index (Phi) is 4.34. The molecule has 0 saturated heterocycles. The van der Waals surface area contributed by atoms with Crippen LogP contribution in [0.15, 0.2) is 12.7 Å². The number of terminal acetylenes is 1. The molecule has 0 unspecified atom stereocenters. The average molecular weight is 158 g/mol. The van der Waals surface area contributed by atoms with Crippen LogP contribution in [0.5, 0.6) is 0 Å². The molecule has 54 valence electrons. The predicted molar refractivity (Wildman–Crippen MR) is 40.7 cm³/mol. The lowest BCUT2D eigenvalue weighted by Gasteiger charge is -1.91. The average Bonchev–Trinajstić information content (AvgIpc) is 2.34. The highest BCUT2D eigenvalue weighted by Crippen LogP contribution is 1.82. The van der Waals surface area contributed by atoms with E-state index < -0.39 is 0 Å². The van der Waals surface area contributed by atoms with Crippen molar-refractivity contribution in [2.24, 2.45) is 0 Å². The van der Waals surface area contributed by atoms with Gasteiger partial charge in [-0.25, -0.2) is 4.98 Å². The molecule has 0 spiro atoms. The van der Waals surface area contributed by atoms with Crippen LogP contribution in [0.4, 0.5) is 0 Å². The summed E-state index contributed by atoms with van der Waals surface area (Å²) in [5.74, 6) is 2.52. The summed E-state index contributed by atoms with van der Waals surface area (Å²) in [6.07, 6.45) is 8.89. The fraction of sp³-hybridized carbons (Fsp3) is 0.333. The fourth-order valence-corrected chi connectivity index (χ4v) is 0.527.